The molecule has 5 nitrogen and oxygen atoms in total. The first-order valence-corrected chi connectivity index (χ1v) is 6.98. The first kappa shape index (κ1) is 15.2. The third-order valence-electron chi connectivity index (χ3n) is 2.72. The van der Waals surface area contributed by atoms with Crippen molar-refractivity contribution in [2.45, 2.75) is 13.3 Å². The number of amides is 1. The maximum atomic E-state index is 12.1. The maximum absolute atomic E-state index is 12.1. The number of rotatable bonds is 4. The molecule has 0 spiro atoms. The van der Waals surface area contributed by atoms with Gasteiger partial charge in [0.25, 0.3) is 5.91 Å². The number of anilines is 1. The van der Waals surface area contributed by atoms with Crippen molar-refractivity contribution in [1.29, 1.82) is 0 Å². The Morgan fingerprint density at radius 2 is 2.05 bits per heavy atom. The Morgan fingerprint density at radius 3 is 2.62 bits per heavy atom. The molecule has 0 atom stereocenters. The molecule has 2 aromatic rings. The lowest BCUT2D eigenvalue weighted by Gasteiger charge is -2.07. The summed E-state index contributed by atoms with van der Waals surface area (Å²) in [6.07, 6.45) is 1.31. The van der Waals surface area contributed by atoms with Crippen molar-refractivity contribution in [3.63, 3.8) is 0 Å². The van der Waals surface area contributed by atoms with Crippen LogP contribution in [0.1, 0.15) is 21.6 Å². The van der Waals surface area contributed by atoms with Crippen LogP contribution < -0.4 is 5.32 Å². The molecule has 0 aliphatic rings. The third-order valence-corrected chi connectivity index (χ3v) is 3.18. The lowest BCUT2D eigenvalue weighted by molar-refractivity contribution is -0.136. The molecular weight excluding hydrogens is 336 g/mol. The van der Waals surface area contributed by atoms with Gasteiger partial charge in [-0.15, -0.1) is 0 Å². The molecule has 0 unspecified atom stereocenters. The Hall–Kier alpha value is -2.21. The first-order valence-electron chi connectivity index (χ1n) is 6.19. The summed E-state index contributed by atoms with van der Waals surface area (Å²) in [6, 6.07) is 8.64. The summed E-state index contributed by atoms with van der Waals surface area (Å²) in [5.41, 5.74) is 2.48. The highest BCUT2D eigenvalue weighted by Crippen LogP contribution is 2.17. The van der Waals surface area contributed by atoms with Crippen LogP contribution >= 0.6 is 15.9 Å². The van der Waals surface area contributed by atoms with E-state index in [-0.39, 0.29) is 12.3 Å². The number of nitrogens with zero attached hydrogens (tertiary/aromatic N) is 1. The number of carboxylic acids is 1. The van der Waals surface area contributed by atoms with E-state index in [1.165, 1.54) is 6.20 Å². The summed E-state index contributed by atoms with van der Waals surface area (Å²) >= 11 is 3.35. The normalized spacial score (nSPS) is 10.2. The van der Waals surface area contributed by atoms with E-state index in [1.54, 1.807) is 24.3 Å². The number of aryl methyl sites for hydroxylation is 1. The fourth-order valence-electron chi connectivity index (χ4n) is 1.83. The average molecular weight is 349 g/mol. The molecule has 0 saturated carbocycles. The van der Waals surface area contributed by atoms with Crippen LogP contribution in [0.15, 0.2) is 41.0 Å². The fourth-order valence-corrected chi connectivity index (χ4v) is 2.44. The average Bonchev–Trinajstić information content (AvgIpc) is 2.39. The summed E-state index contributed by atoms with van der Waals surface area (Å²) in [5.74, 6) is -1.18. The SMILES string of the molecule is Cc1cc(Br)cc(C(=O)Nc2ccc(CC(=O)O)nc2)c1. The van der Waals surface area contributed by atoms with Gasteiger partial charge in [-0.2, -0.15) is 0 Å². The number of carboxylic acid groups (broad SMARTS) is 1. The molecule has 0 saturated heterocycles. The van der Waals surface area contributed by atoms with E-state index in [0.717, 1.165) is 10.0 Å². The minimum absolute atomic E-state index is 0.140. The van der Waals surface area contributed by atoms with Crippen LogP contribution in [0.4, 0.5) is 5.69 Å². The minimum atomic E-state index is -0.941. The van der Waals surface area contributed by atoms with Gasteiger partial charge < -0.3 is 10.4 Å². The Balaban J connectivity index is 2.10. The van der Waals surface area contributed by atoms with Gasteiger partial charge in [0.1, 0.15) is 0 Å². The second kappa shape index (κ2) is 6.49. The predicted molar refractivity (Wildman–Crippen MR) is 82.4 cm³/mol. The van der Waals surface area contributed by atoms with Crippen LogP contribution in [0.2, 0.25) is 0 Å². The quantitative estimate of drug-likeness (QED) is 0.889. The topological polar surface area (TPSA) is 79.3 Å². The molecule has 21 heavy (non-hydrogen) atoms. The summed E-state index contributed by atoms with van der Waals surface area (Å²) < 4.78 is 0.836. The molecule has 0 aliphatic heterocycles. The van der Waals surface area contributed by atoms with Crippen LogP contribution in [0.5, 0.6) is 0 Å². The third kappa shape index (κ3) is 4.39. The van der Waals surface area contributed by atoms with Crippen LogP contribution in [0.25, 0.3) is 0 Å². The van der Waals surface area contributed by atoms with E-state index in [2.05, 4.69) is 26.2 Å². The highest BCUT2D eigenvalue weighted by Gasteiger charge is 2.08. The number of carbonyl (C=O) groups excluding carboxylic acids is 1. The van der Waals surface area contributed by atoms with Gasteiger partial charge in [0, 0.05) is 10.0 Å². The highest BCUT2D eigenvalue weighted by molar-refractivity contribution is 9.10. The van der Waals surface area contributed by atoms with Gasteiger partial charge in [-0.25, -0.2) is 0 Å². The number of hydrogen-bond donors (Lipinski definition) is 2. The van der Waals surface area contributed by atoms with Crippen molar-refractivity contribution in [2.75, 3.05) is 5.32 Å². The van der Waals surface area contributed by atoms with Gasteiger partial charge in [-0.1, -0.05) is 15.9 Å². The fraction of sp³-hybridized carbons (Fsp3) is 0.133. The summed E-state index contributed by atoms with van der Waals surface area (Å²) in [4.78, 5) is 26.7. The molecule has 1 aromatic heterocycles. The van der Waals surface area contributed by atoms with Gasteiger partial charge in [-0.05, 0) is 42.8 Å². The lowest BCUT2D eigenvalue weighted by Crippen LogP contribution is -2.12. The number of aliphatic carboxylic acids is 1. The second-order valence-corrected chi connectivity index (χ2v) is 5.50. The molecule has 1 aromatic carbocycles. The monoisotopic (exact) mass is 348 g/mol. The van der Waals surface area contributed by atoms with Gasteiger partial charge in [0.2, 0.25) is 0 Å². The Kier molecular flexibility index (Phi) is 4.70. The van der Waals surface area contributed by atoms with Crippen molar-refractivity contribution in [3.05, 3.63) is 57.8 Å². The Labute approximate surface area is 130 Å². The zero-order valence-electron chi connectivity index (χ0n) is 11.3. The summed E-state index contributed by atoms with van der Waals surface area (Å²) in [6.45, 7) is 1.91. The smallest absolute Gasteiger partial charge is 0.309 e. The lowest BCUT2D eigenvalue weighted by atomic mass is 10.1. The summed E-state index contributed by atoms with van der Waals surface area (Å²) in [7, 11) is 0. The number of pyridine rings is 1. The summed E-state index contributed by atoms with van der Waals surface area (Å²) in [5, 5.41) is 11.4. The molecular formula is C15H13BrN2O3. The van der Waals surface area contributed by atoms with Crippen LogP contribution in [-0.2, 0) is 11.2 Å². The molecule has 108 valence electrons. The number of hydrogen-bond acceptors (Lipinski definition) is 3. The number of carbonyl (C=O) groups is 2. The molecule has 0 aliphatic carbocycles. The molecule has 1 amide bonds. The van der Waals surface area contributed by atoms with E-state index in [9.17, 15) is 9.59 Å². The highest BCUT2D eigenvalue weighted by atomic mass is 79.9. The van der Waals surface area contributed by atoms with Crippen molar-refractivity contribution in [1.82, 2.24) is 4.98 Å². The first-order chi connectivity index (χ1) is 9.94. The zero-order chi connectivity index (χ0) is 15.4. The van der Waals surface area contributed by atoms with Crippen LogP contribution in [0, 0.1) is 6.92 Å². The number of halogens is 1. The molecule has 0 bridgehead atoms. The van der Waals surface area contributed by atoms with Gasteiger partial charge in [0.15, 0.2) is 0 Å². The van der Waals surface area contributed by atoms with E-state index >= 15 is 0 Å². The van der Waals surface area contributed by atoms with E-state index in [1.807, 2.05) is 13.0 Å². The molecule has 1 heterocycles. The maximum Gasteiger partial charge on any atom is 0.309 e. The molecule has 2 N–H and O–H groups in total. The van der Waals surface area contributed by atoms with Gasteiger partial charge >= 0.3 is 5.97 Å². The van der Waals surface area contributed by atoms with Crippen molar-refractivity contribution < 1.29 is 14.7 Å². The Morgan fingerprint density at radius 1 is 1.29 bits per heavy atom. The molecule has 6 heteroatoms. The van der Waals surface area contributed by atoms with Crippen molar-refractivity contribution >= 4 is 33.5 Å². The van der Waals surface area contributed by atoms with Gasteiger partial charge in [0.05, 0.1) is 24.0 Å². The Bertz CT molecular complexity index is 664. The molecule has 2 rings (SSSR count). The van der Waals surface area contributed by atoms with Crippen molar-refractivity contribution in [2.24, 2.45) is 0 Å². The van der Waals surface area contributed by atoms with E-state index in [4.69, 9.17) is 5.11 Å². The minimum Gasteiger partial charge on any atom is -0.481 e. The van der Waals surface area contributed by atoms with Crippen molar-refractivity contribution in [3.8, 4) is 0 Å². The van der Waals surface area contributed by atoms with E-state index in [0.29, 0.717) is 16.9 Å². The number of aromatic nitrogens is 1. The predicted octanol–water partition coefficient (Wildman–Crippen LogP) is 3.03. The number of benzene rings is 1. The second-order valence-electron chi connectivity index (χ2n) is 4.58. The van der Waals surface area contributed by atoms with Crippen LogP contribution in [-0.4, -0.2) is 22.0 Å². The zero-order valence-corrected chi connectivity index (χ0v) is 12.8. The largest absolute Gasteiger partial charge is 0.481 e. The van der Waals surface area contributed by atoms with Crippen LogP contribution in [0.3, 0.4) is 0 Å². The molecule has 0 fully saturated rings. The number of nitrogens with one attached hydrogen (secondary N) is 1. The van der Waals surface area contributed by atoms with Gasteiger partial charge in [-0.3, -0.25) is 14.6 Å². The molecule has 0 radical (unpaired) electrons. The van der Waals surface area contributed by atoms with E-state index < -0.39 is 5.97 Å². The standard InChI is InChI=1S/C15H13BrN2O3/c1-9-4-10(6-11(16)5-9)15(21)18-13-3-2-12(17-8-13)7-14(19)20/h2-6,8H,7H2,1H3,(H,18,21)(H,19,20).